The van der Waals surface area contributed by atoms with Crippen molar-refractivity contribution >= 4 is 10.0 Å². The SMILES string of the molecule is CC(CCc1ccccc1)NS(=O)(=O)CCCCO. The van der Waals surface area contributed by atoms with Crippen molar-refractivity contribution < 1.29 is 13.5 Å². The molecule has 4 nitrogen and oxygen atoms in total. The fourth-order valence-corrected chi connectivity index (χ4v) is 3.29. The van der Waals surface area contributed by atoms with Gasteiger partial charge in [-0.05, 0) is 38.2 Å². The summed E-state index contributed by atoms with van der Waals surface area (Å²) < 4.78 is 26.1. The number of aliphatic hydroxyl groups is 1. The van der Waals surface area contributed by atoms with Gasteiger partial charge in [0.2, 0.25) is 10.0 Å². The maximum Gasteiger partial charge on any atom is 0.211 e. The van der Waals surface area contributed by atoms with Crippen LogP contribution in [0.4, 0.5) is 0 Å². The molecule has 0 saturated heterocycles. The van der Waals surface area contributed by atoms with Crippen molar-refractivity contribution in [1.82, 2.24) is 4.72 Å². The first-order chi connectivity index (χ1) is 9.03. The summed E-state index contributed by atoms with van der Waals surface area (Å²) in [5, 5.41) is 8.64. The molecule has 1 aromatic carbocycles. The molecule has 5 heteroatoms. The molecule has 1 rings (SSSR count). The topological polar surface area (TPSA) is 66.4 Å². The minimum Gasteiger partial charge on any atom is -0.396 e. The van der Waals surface area contributed by atoms with Crippen LogP contribution in [0.15, 0.2) is 30.3 Å². The Labute approximate surface area is 115 Å². The van der Waals surface area contributed by atoms with E-state index in [4.69, 9.17) is 5.11 Å². The van der Waals surface area contributed by atoms with Crippen LogP contribution in [0.25, 0.3) is 0 Å². The zero-order valence-electron chi connectivity index (χ0n) is 11.4. The molecule has 108 valence electrons. The number of aryl methyl sites for hydroxylation is 1. The molecule has 0 heterocycles. The smallest absolute Gasteiger partial charge is 0.211 e. The molecule has 1 atom stereocenters. The summed E-state index contributed by atoms with van der Waals surface area (Å²) in [6.07, 6.45) is 2.67. The second kappa shape index (κ2) is 8.30. The lowest BCUT2D eigenvalue weighted by molar-refractivity contribution is 0.287. The van der Waals surface area contributed by atoms with E-state index in [2.05, 4.69) is 4.72 Å². The molecule has 0 aliphatic heterocycles. The molecule has 1 unspecified atom stereocenters. The van der Waals surface area contributed by atoms with Crippen LogP contribution in [0.5, 0.6) is 0 Å². The third-order valence-corrected chi connectivity index (χ3v) is 4.50. The van der Waals surface area contributed by atoms with E-state index in [-0.39, 0.29) is 18.4 Å². The number of hydrogen-bond donors (Lipinski definition) is 2. The van der Waals surface area contributed by atoms with E-state index in [1.54, 1.807) is 0 Å². The van der Waals surface area contributed by atoms with Gasteiger partial charge in [0.05, 0.1) is 5.75 Å². The van der Waals surface area contributed by atoms with Crippen LogP contribution in [-0.2, 0) is 16.4 Å². The van der Waals surface area contributed by atoms with Crippen LogP contribution in [0.3, 0.4) is 0 Å². The van der Waals surface area contributed by atoms with Gasteiger partial charge in [-0.25, -0.2) is 13.1 Å². The fraction of sp³-hybridized carbons (Fsp3) is 0.571. The summed E-state index contributed by atoms with van der Waals surface area (Å²) >= 11 is 0. The Morgan fingerprint density at radius 1 is 1.21 bits per heavy atom. The minimum atomic E-state index is -3.22. The molecule has 0 radical (unpaired) electrons. The number of aliphatic hydroxyl groups excluding tert-OH is 1. The van der Waals surface area contributed by atoms with E-state index in [0.29, 0.717) is 12.8 Å². The van der Waals surface area contributed by atoms with Crippen molar-refractivity contribution in [2.45, 2.75) is 38.6 Å². The van der Waals surface area contributed by atoms with Gasteiger partial charge in [0.15, 0.2) is 0 Å². The van der Waals surface area contributed by atoms with E-state index in [9.17, 15) is 8.42 Å². The molecule has 0 fully saturated rings. The Balaban J connectivity index is 2.32. The highest BCUT2D eigenvalue weighted by atomic mass is 32.2. The summed E-state index contributed by atoms with van der Waals surface area (Å²) in [4.78, 5) is 0. The Morgan fingerprint density at radius 3 is 2.53 bits per heavy atom. The first kappa shape index (κ1) is 16.1. The van der Waals surface area contributed by atoms with Gasteiger partial charge in [-0.3, -0.25) is 0 Å². The maximum atomic E-state index is 11.7. The largest absolute Gasteiger partial charge is 0.396 e. The van der Waals surface area contributed by atoms with E-state index in [0.717, 1.165) is 12.8 Å². The third-order valence-electron chi connectivity index (χ3n) is 2.91. The Hall–Kier alpha value is -0.910. The lowest BCUT2D eigenvalue weighted by Gasteiger charge is -2.14. The van der Waals surface area contributed by atoms with Crippen LogP contribution >= 0.6 is 0 Å². The summed E-state index contributed by atoms with van der Waals surface area (Å²) in [6.45, 7) is 1.92. The van der Waals surface area contributed by atoms with Gasteiger partial charge in [-0.2, -0.15) is 0 Å². The Bertz CT molecular complexity index is 445. The van der Waals surface area contributed by atoms with Crippen LogP contribution in [-0.4, -0.2) is 31.9 Å². The Morgan fingerprint density at radius 2 is 1.89 bits per heavy atom. The van der Waals surface area contributed by atoms with Gasteiger partial charge in [-0.1, -0.05) is 30.3 Å². The van der Waals surface area contributed by atoms with E-state index in [1.165, 1.54) is 5.56 Å². The number of rotatable bonds is 9. The van der Waals surface area contributed by atoms with Crippen molar-refractivity contribution in [2.24, 2.45) is 0 Å². The van der Waals surface area contributed by atoms with E-state index >= 15 is 0 Å². The number of nitrogens with one attached hydrogen (secondary N) is 1. The van der Waals surface area contributed by atoms with Crippen molar-refractivity contribution in [3.63, 3.8) is 0 Å². The molecule has 0 aliphatic rings. The predicted molar refractivity (Wildman–Crippen MR) is 77.5 cm³/mol. The zero-order valence-corrected chi connectivity index (χ0v) is 12.2. The summed E-state index contributed by atoms with van der Waals surface area (Å²) in [6, 6.07) is 9.96. The van der Waals surface area contributed by atoms with E-state index in [1.807, 2.05) is 37.3 Å². The quantitative estimate of drug-likeness (QED) is 0.679. The summed E-state index contributed by atoms with van der Waals surface area (Å²) in [5.41, 5.74) is 1.22. The molecular formula is C14H23NO3S. The molecule has 0 aromatic heterocycles. The minimum absolute atomic E-state index is 0.0408. The van der Waals surface area contributed by atoms with Crippen LogP contribution in [0.1, 0.15) is 31.7 Å². The van der Waals surface area contributed by atoms with Crippen molar-refractivity contribution in [2.75, 3.05) is 12.4 Å². The predicted octanol–water partition coefficient (Wildman–Crippen LogP) is 1.70. The highest BCUT2D eigenvalue weighted by molar-refractivity contribution is 7.89. The second-order valence-corrected chi connectivity index (χ2v) is 6.67. The van der Waals surface area contributed by atoms with Crippen LogP contribution in [0.2, 0.25) is 0 Å². The molecule has 1 aromatic rings. The van der Waals surface area contributed by atoms with Gasteiger partial charge in [0.1, 0.15) is 0 Å². The van der Waals surface area contributed by atoms with Crippen molar-refractivity contribution in [3.8, 4) is 0 Å². The lowest BCUT2D eigenvalue weighted by Crippen LogP contribution is -2.34. The normalized spacial score (nSPS) is 13.4. The van der Waals surface area contributed by atoms with Crippen molar-refractivity contribution in [3.05, 3.63) is 35.9 Å². The second-order valence-electron chi connectivity index (χ2n) is 4.79. The fourth-order valence-electron chi connectivity index (χ4n) is 1.86. The standard InChI is InChI=1S/C14H23NO3S/c1-13(9-10-14-7-3-2-4-8-14)15-19(17,18)12-6-5-11-16/h2-4,7-8,13,15-16H,5-6,9-12H2,1H3. The van der Waals surface area contributed by atoms with Gasteiger partial charge < -0.3 is 5.11 Å². The molecule has 2 N–H and O–H groups in total. The van der Waals surface area contributed by atoms with Crippen LogP contribution < -0.4 is 4.72 Å². The molecule has 19 heavy (non-hydrogen) atoms. The molecular weight excluding hydrogens is 262 g/mol. The van der Waals surface area contributed by atoms with Gasteiger partial charge in [0.25, 0.3) is 0 Å². The average molecular weight is 285 g/mol. The number of unbranched alkanes of at least 4 members (excludes halogenated alkanes) is 1. The third kappa shape index (κ3) is 7.30. The van der Waals surface area contributed by atoms with E-state index < -0.39 is 10.0 Å². The molecule has 0 spiro atoms. The number of hydrogen-bond acceptors (Lipinski definition) is 3. The highest BCUT2D eigenvalue weighted by Crippen LogP contribution is 2.06. The highest BCUT2D eigenvalue weighted by Gasteiger charge is 2.13. The van der Waals surface area contributed by atoms with Crippen LogP contribution in [0, 0.1) is 0 Å². The Kier molecular flexibility index (Phi) is 7.05. The maximum absolute atomic E-state index is 11.7. The first-order valence-corrected chi connectivity index (χ1v) is 8.33. The summed E-state index contributed by atoms with van der Waals surface area (Å²) in [7, 11) is -3.22. The lowest BCUT2D eigenvalue weighted by atomic mass is 10.1. The molecule has 0 aliphatic carbocycles. The molecule has 0 amide bonds. The zero-order chi connectivity index (χ0) is 14.1. The molecule has 0 bridgehead atoms. The number of benzene rings is 1. The van der Waals surface area contributed by atoms with Gasteiger partial charge >= 0.3 is 0 Å². The summed E-state index contributed by atoms with van der Waals surface area (Å²) in [5.74, 6) is 0.0865. The number of sulfonamides is 1. The van der Waals surface area contributed by atoms with Crippen molar-refractivity contribution in [1.29, 1.82) is 0 Å². The van der Waals surface area contributed by atoms with Gasteiger partial charge in [0, 0.05) is 12.6 Å². The monoisotopic (exact) mass is 285 g/mol. The van der Waals surface area contributed by atoms with Gasteiger partial charge in [-0.15, -0.1) is 0 Å². The first-order valence-electron chi connectivity index (χ1n) is 6.68. The average Bonchev–Trinajstić information content (AvgIpc) is 2.37. The molecule has 0 saturated carbocycles.